The Balaban J connectivity index is 0.000000606. The Hall–Kier alpha value is -1.42. The zero-order chi connectivity index (χ0) is 11.8. The van der Waals surface area contributed by atoms with Crippen LogP contribution in [0.4, 0.5) is 0 Å². The molecule has 0 bridgehead atoms. The lowest BCUT2D eigenvalue weighted by Crippen LogP contribution is -2.46. The molecule has 1 aromatic heterocycles. The van der Waals surface area contributed by atoms with E-state index in [1.807, 2.05) is 18.7 Å². The Morgan fingerprint density at radius 1 is 1.38 bits per heavy atom. The first-order chi connectivity index (χ1) is 7.88. The van der Waals surface area contributed by atoms with E-state index in [9.17, 15) is 4.79 Å². The van der Waals surface area contributed by atoms with Crippen LogP contribution in [0, 0.1) is 0 Å². The van der Waals surface area contributed by atoms with Gasteiger partial charge in [-0.2, -0.15) is 0 Å². The smallest absolute Gasteiger partial charge is 0.255 e. The van der Waals surface area contributed by atoms with Crippen LogP contribution >= 0.6 is 0 Å². The van der Waals surface area contributed by atoms with Gasteiger partial charge >= 0.3 is 0 Å². The Labute approximate surface area is 96.7 Å². The number of piperazine rings is 1. The normalized spacial score (nSPS) is 15.0. The van der Waals surface area contributed by atoms with E-state index < -0.39 is 0 Å². The summed E-state index contributed by atoms with van der Waals surface area (Å²) in [5, 5.41) is 3.21. The largest absolute Gasteiger partial charge is 0.336 e. The highest BCUT2D eigenvalue weighted by molar-refractivity contribution is 5.93. The van der Waals surface area contributed by atoms with Crippen LogP contribution in [0.15, 0.2) is 24.5 Å². The molecule has 0 atom stereocenters. The first-order valence-electron chi connectivity index (χ1n) is 5.78. The lowest BCUT2D eigenvalue weighted by atomic mass is 10.2. The number of carbonyl (C=O) groups excluding carboxylic acids is 1. The van der Waals surface area contributed by atoms with Crippen molar-refractivity contribution >= 4 is 5.91 Å². The predicted molar refractivity (Wildman–Crippen MR) is 64.4 cm³/mol. The average molecular weight is 221 g/mol. The lowest BCUT2D eigenvalue weighted by Gasteiger charge is -2.27. The summed E-state index contributed by atoms with van der Waals surface area (Å²) in [6.45, 7) is 7.33. The monoisotopic (exact) mass is 221 g/mol. The lowest BCUT2D eigenvalue weighted by molar-refractivity contribution is 0.0735. The molecule has 1 aliphatic rings. The van der Waals surface area contributed by atoms with Crippen molar-refractivity contribution in [3.05, 3.63) is 30.1 Å². The number of nitrogens with zero attached hydrogens (tertiary/aromatic N) is 2. The SMILES string of the molecule is CC.O=C(c1cccnc1)N1CCNCC1. The molecule has 1 aromatic rings. The van der Waals surface area contributed by atoms with Gasteiger partial charge in [-0.1, -0.05) is 13.8 Å². The molecule has 4 nitrogen and oxygen atoms in total. The molecule has 2 heterocycles. The van der Waals surface area contributed by atoms with Gasteiger partial charge in [0.15, 0.2) is 0 Å². The van der Waals surface area contributed by atoms with E-state index in [-0.39, 0.29) is 5.91 Å². The van der Waals surface area contributed by atoms with Gasteiger partial charge in [0.1, 0.15) is 0 Å². The molecule has 4 heteroatoms. The van der Waals surface area contributed by atoms with Gasteiger partial charge < -0.3 is 10.2 Å². The fourth-order valence-corrected chi connectivity index (χ4v) is 1.54. The Bertz CT molecular complexity index is 307. The van der Waals surface area contributed by atoms with Crippen LogP contribution < -0.4 is 5.32 Å². The zero-order valence-electron chi connectivity index (χ0n) is 9.94. The summed E-state index contributed by atoms with van der Waals surface area (Å²) in [5.74, 6) is 0.0830. The summed E-state index contributed by atoms with van der Waals surface area (Å²) < 4.78 is 0. The molecular formula is C12H19N3O. The number of nitrogens with one attached hydrogen (secondary N) is 1. The third-order valence-corrected chi connectivity index (χ3v) is 2.31. The van der Waals surface area contributed by atoms with Gasteiger partial charge in [0.25, 0.3) is 5.91 Å². The standard InChI is InChI=1S/C10H13N3O.C2H6/c14-10(9-2-1-3-12-8-9)13-6-4-11-5-7-13;1-2/h1-3,8,11H,4-7H2;1-2H3. The number of rotatable bonds is 1. The van der Waals surface area contributed by atoms with Gasteiger partial charge in [-0.05, 0) is 12.1 Å². The molecule has 0 spiro atoms. The van der Waals surface area contributed by atoms with Crippen LogP contribution in [0.25, 0.3) is 0 Å². The molecule has 2 rings (SSSR count). The summed E-state index contributed by atoms with van der Waals surface area (Å²) in [6, 6.07) is 3.59. The number of hydrogen-bond acceptors (Lipinski definition) is 3. The minimum absolute atomic E-state index is 0.0830. The molecule has 0 aromatic carbocycles. The number of hydrogen-bond donors (Lipinski definition) is 1. The molecule has 88 valence electrons. The maximum absolute atomic E-state index is 11.9. The molecule has 1 amide bonds. The molecule has 0 aliphatic carbocycles. The first kappa shape index (κ1) is 12.6. The number of carbonyl (C=O) groups is 1. The minimum Gasteiger partial charge on any atom is -0.336 e. The van der Waals surface area contributed by atoms with Crippen molar-refractivity contribution in [2.75, 3.05) is 26.2 Å². The van der Waals surface area contributed by atoms with Crippen LogP contribution in [0.1, 0.15) is 24.2 Å². The van der Waals surface area contributed by atoms with Crippen LogP contribution in [-0.4, -0.2) is 42.0 Å². The Morgan fingerprint density at radius 2 is 2.06 bits per heavy atom. The molecule has 16 heavy (non-hydrogen) atoms. The summed E-state index contributed by atoms with van der Waals surface area (Å²) in [4.78, 5) is 17.7. The van der Waals surface area contributed by atoms with E-state index in [0.717, 1.165) is 26.2 Å². The number of pyridine rings is 1. The number of aromatic nitrogens is 1. The van der Waals surface area contributed by atoms with E-state index in [4.69, 9.17) is 0 Å². The van der Waals surface area contributed by atoms with Crippen molar-refractivity contribution in [1.82, 2.24) is 15.2 Å². The fourth-order valence-electron chi connectivity index (χ4n) is 1.54. The van der Waals surface area contributed by atoms with Crippen molar-refractivity contribution in [2.45, 2.75) is 13.8 Å². The Kier molecular flexibility index (Phi) is 5.50. The summed E-state index contributed by atoms with van der Waals surface area (Å²) in [5.41, 5.74) is 0.675. The van der Waals surface area contributed by atoms with Crippen molar-refractivity contribution in [2.24, 2.45) is 0 Å². The zero-order valence-corrected chi connectivity index (χ0v) is 9.94. The third kappa shape index (κ3) is 3.31. The fraction of sp³-hybridized carbons (Fsp3) is 0.500. The maximum atomic E-state index is 11.9. The molecule has 0 saturated carbocycles. The van der Waals surface area contributed by atoms with Gasteiger partial charge in [0.2, 0.25) is 0 Å². The highest BCUT2D eigenvalue weighted by Crippen LogP contribution is 2.03. The first-order valence-corrected chi connectivity index (χ1v) is 5.78. The van der Waals surface area contributed by atoms with Crippen LogP contribution in [0.2, 0.25) is 0 Å². The summed E-state index contributed by atoms with van der Waals surface area (Å²) in [6.07, 6.45) is 3.29. The van der Waals surface area contributed by atoms with Gasteiger partial charge in [-0.15, -0.1) is 0 Å². The van der Waals surface area contributed by atoms with Crippen molar-refractivity contribution in [3.8, 4) is 0 Å². The number of amides is 1. The van der Waals surface area contributed by atoms with Crippen molar-refractivity contribution in [3.63, 3.8) is 0 Å². The average Bonchev–Trinajstić information content (AvgIpc) is 2.42. The predicted octanol–water partition coefficient (Wildman–Crippen LogP) is 1.15. The van der Waals surface area contributed by atoms with Crippen molar-refractivity contribution < 1.29 is 4.79 Å². The van der Waals surface area contributed by atoms with E-state index in [0.29, 0.717) is 5.56 Å². The molecule has 1 aliphatic heterocycles. The third-order valence-electron chi connectivity index (χ3n) is 2.31. The van der Waals surface area contributed by atoms with Crippen LogP contribution in [-0.2, 0) is 0 Å². The molecule has 0 radical (unpaired) electrons. The molecule has 0 unspecified atom stereocenters. The highest BCUT2D eigenvalue weighted by atomic mass is 16.2. The van der Waals surface area contributed by atoms with E-state index in [1.54, 1.807) is 24.5 Å². The topological polar surface area (TPSA) is 45.2 Å². The molecule has 1 fully saturated rings. The van der Waals surface area contributed by atoms with Crippen molar-refractivity contribution in [1.29, 1.82) is 0 Å². The molecule has 1 saturated heterocycles. The molecule has 1 N–H and O–H groups in total. The molecular weight excluding hydrogens is 202 g/mol. The Morgan fingerprint density at radius 3 is 2.62 bits per heavy atom. The second-order valence-corrected chi connectivity index (χ2v) is 3.28. The van der Waals surface area contributed by atoms with Gasteiger partial charge in [0, 0.05) is 38.6 Å². The minimum atomic E-state index is 0.0830. The van der Waals surface area contributed by atoms with Crippen LogP contribution in [0.5, 0.6) is 0 Å². The quantitative estimate of drug-likeness (QED) is 0.774. The van der Waals surface area contributed by atoms with E-state index in [2.05, 4.69) is 10.3 Å². The van der Waals surface area contributed by atoms with Gasteiger partial charge in [0.05, 0.1) is 5.56 Å². The second kappa shape index (κ2) is 6.95. The van der Waals surface area contributed by atoms with Gasteiger partial charge in [-0.3, -0.25) is 9.78 Å². The highest BCUT2D eigenvalue weighted by Gasteiger charge is 2.17. The maximum Gasteiger partial charge on any atom is 0.255 e. The van der Waals surface area contributed by atoms with E-state index in [1.165, 1.54) is 0 Å². The summed E-state index contributed by atoms with van der Waals surface area (Å²) in [7, 11) is 0. The summed E-state index contributed by atoms with van der Waals surface area (Å²) >= 11 is 0. The van der Waals surface area contributed by atoms with Crippen LogP contribution in [0.3, 0.4) is 0 Å². The van der Waals surface area contributed by atoms with Gasteiger partial charge in [-0.25, -0.2) is 0 Å². The van der Waals surface area contributed by atoms with E-state index >= 15 is 0 Å². The second-order valence-electron chi connectivity index (χ2n) is 3.28.